The van der Waals surface area contributed by atoms with E-state index in [2.05, 4.69) is 17.4 Å². The Kier molecular flexibility index (Phi) is 6.21. The molecule has 0 saturated carbocycles. The minimum atomic E-state index is -0.0355. The van der Waals surface area contributed by atoms with Crippen LogP contribution in [0.3, 0.4) is 0 Å². The predicted molar refractivity (Wildman–Crippen MR) is 109 cm³/mol. The Morgan fingerprint density at radius 3 is 2.41 bits per heavy atom. The van der Waals surface area contributed by atoms with E-state index in [9.17, 15) is 4.79 Å². The van der Waals surface area contributed by atoms with Crippen LogP contribution in [0.5, 0.6) is 0 Å². The first-order chi connectivity index (χ1) is 13.2. The maximum absolute atomic E-state index is 12.2. The van der Waals surface area contributed by atoms with Gasteiger partial charge in [-0.2, -0.15) is 5.10 Å². The standard InChI is InChI=1S/C23H25N3O/c1-3-10-18(2)23(27)24-15-21-17-26(16-19-11-6-4-7-12-19)25-22(21)20-13-8-5-9-14-20/h4-14,17H,3,15-16H2,1-2H3,(H,24,27)/b18-10-. The van der Waals surface area contributed by atoms with Crippen LogP contribution in [0.25, 0.3) is 11.3 Å². The van der Waals surface area contributed by atoms with Crippen LogP contribution in [0.2, 0.25) is 0 Å². The molecule has 0 bridgehead atoms. The number of carbonyl (C=O) groups excluding carboxylic acids is 1. The van der Waals surface area contributed by atoms with Crippen molar-refractivity contribution in [3.05, 3.63) is 89.6 Å². The molecule has 0 radical (unpaired) electrons. The van der Waals surface area contributed by atoms with Crippen molar-refractivity contribution in [1.29, 1.82) is 0 Å². The highest BCUT2D eigenvalue weighted by Crippen LogP contribution is 2.22. The third kappa shape index (κ3) is 4.94. The summed E-state index contributed by atoms with van der Waals surface area (Å²) in [5.41, 5.74) is 4.90. The van der Waals surface area contributed by atoms with Crippen LogP contribution in [0, 0.1) is 0 Å². The van der Waals surface area contributed by atoms with E-state index in [1.807, 2.05) is 79.3 Å². The fraction of sp³-hybridized carbons (Fsp3) is 0.217. The average Bonchev–Trinajstić information content (AvgIpc) is 3.10. The molecule has 0 atom stereocenters. The van der Waals surface area contributed by atoms with E-state index in [1.165, 1.54) is 5.56 Å². The van der Waals surface area contributed by atoms with E-state index in [-0.39, 0.29) is 5.91 Å². The number of rotatable bonds is 7. The van der Waals surface area contributed by atoms with Gasteiger partial charge in [0.2, 0.25) is 5.91 Å². The summed E-state index contributed by atoms with van der Waals surface area (Å²) in [6.07, 6.45) is 4.81. The molecule has 0 unspecified atom stereocenters. The minimum absolute atomic E-state index is 0.0355. The Bertz CT molecular complexity index is 911. The monoisotopic (exact) mass is 359 g/mol. The van der Waals surface area contributed by atoms with Gasteiger partial charge in [0, 0.05) is 29.4 Å². The smallest absolute Gasteiger partial charge is 0.246 e. The van der Waals surface area contributed by atoms with Gasteiger partial charge in [0.05, 0.1) is 12.2 Å². The number of nitrogens with one attached hydrogen (secondary N) is 1. The SMILES string of the molecule is CC/C=C(/C)C(=O)NCc1cn(Cc2ccccc2)nc1-c1ccccc1. The number of benzene rings is 2. The number of aromatic nitrogens is 2. The zero-order valence-corrected chi connectivity index (χ0v) is 15.9. The third-order valence-corrected chi connectivity index (χ3v) is 4.38. The van der Waals surface area contributed by atoms with Gasteiger partial charge in [-0.1, -0.05) is 73.7 Å². The number of carbonyl (C=O) groups is 1. The van der Waals surface area contributed by atoms with Gasteiger partial charge in [-0.05, 0) is 18.9 Å². The topological polar surface area (TPSA) is 46.9 Å². The molecule has 4 heteroatoms. The molecule has 3 rings (SSSR count). The summed E-state index contributed by atoms with van der Waals surface area (Å²) in [6, 6.07) is 20.3. The van der Waals surface area contributed by atoms with Gasteiger partial charge in [-0.3, -0.25) is 9.48 Å². The van der Waals surface area contributed by atoms with Gasteiger partial charge in [0.15, 0.2) is 0 Å². The lowest BCUT2D eigenvalue weighted by Crippen LogP contribution is -2.23. The molecule has 138 valence electrons. The molecule has 0 aliphatic carbocycles. The Hall–Kier alpha value is -3.14. The van der Waals surface area contributed by atoms with Gasteiger partial charge in [0.1, 0.15) is 0 Å². The lowest BCUT2D eigenvalue weighted by molar-refractivity contribution is -0.117. The van der Waals surface area contributed by atoms with Gasteiger partial charge in [0.25, 0.3) is 0 Å². The first kappa shape index (κ1) is 18.6. The second-order valence-corrected chi connectivity index (χ2v) is 6.53. The molecule has 1 N–H and O–H groups in total. The molecule has 0 aliphatic heterocycles. The highest BCUT2D eigenvalue weighted by Gasteiger charge is 2.13. The van der Waals surface area contributed by atoms with Crippen molar-refractivity contribution < 1.29 is 4.79 Å². The zero-order chi connectivity index (χ0) is 19.1. The van der Waals surface area contributed by atoms with Crippen LogP contribution >= 0.6 is 0 Å². The average molecular weight is 359 g/mol. The van der Waals surface area contributed by atoms with Crippen LogP contribution in [0.4, 0.5) is 0 Å². The van der Waals surface area contributed by atoms with Crippen LogP contribution in [0.15, 0.2) is 78.5 Å². The predicted octanol–water partition coefficient (Wildman–Crippen LogP) is 4.57. The number of hydrogen-bond acceptors (Lipinski definition) is 2. The molecule has 2 aromatic carbocycles. The van der Waals surface area contributed by atoms with Crippen molar-refractivity contribution in [3.63, 3.8) is 0 Å². The molecule has 27 heavy (non-hydrogen) atoms. The highest BCUT2D eigenvalue weighted by molar-refractivity contribution is 5.92. The van der Waals surface area contributed by atoms with Gasteiger partial charge >= 0.3 is 0 Å². The van der Waals surface area contributed by atoms with E-state index in [4.69, 9.17) is 5.10 Å². The third-order valence-electron chi connectivity index (χ3n) is 4.38. The molecule has 3 aromatic rings. The maximum Gasteiger partial charge on any atom is 0.246 e. The molecule has 0 fully saturated rings. The normalized spacial score (nSPS) is 11.4. The summed E-state index contributed by atoms with van der Waals surface area (Å²) in [4.78, 5) is 12.2. The zero-order valence-electron chi connectivity index (χ0n) is 15.9. The quantitative estimate of drug-likeness (QED) is 0.628. The molecular formula is C23H25N3O. The van der Waals surface area contributed by atoms with Crippen LogP contribution < -0.4 is 5.32 Å². The second kappa shape index (κ2) is 8.99. The molecule has 1 heterocycles. The van der Waals surface area contributed by atoms with Gasteiger partial charge < -0.3 is 5.32 Å². The largest absolute Gasteiger partial charge is 0.348 e. The van der Waals surface area contributed by atoms with Crippen molar-refractivity contribution in [3.8, 4) is 11.3 Å². The summed E-state index contributed by atoms with van der Waals surface area (Å²) in [6.45, 7) is 5.02. The minimum Gasteiger partial charge on any atom is -0.348 e. The first-order valence-corrected chi connectivity index (χ1v) is 9.28. The van der Waals surface area contributed by atoms with Crippen molar-refractivity contribution >= 4 is 5.91 Å². The Morgan fingerprint density at radius 2 is 1.74 bits per heavy atom. The molecule has 0 aliphatic rings. The molecule has 1 aromatic heterocycles. The van der Waals surface area contributed by atoms with E-state index in [0.29, 0.717) is 13.1 Å². The molecule has 1 amide bonds. The van der Waals surface area contributed by atoms with Gasteiger partial charge in [-0.15, -0.1) is 0 Å². The van der Waals surface area contributed by atoms with E-state index in [0.717, 1.165) is 28.8 Å². The lowest BCUT2D eigenvalue weighted by Gasteiger charge is -2.06. The van der Waals surface area contributed by atoms with E-state index in [1.54, 1.807) is 0 Å². The maximum atomic E-state index is 12.2. The van der Waals surface area contributed by atoms with Crippen LogP contribution in [-0.2, 0) is 17.9 Å². The first-order valence-electron chi connectivity index (χ1n) is 9.28. The second-order valence-electron chi connectivity index (χ2n) is 6.53. The highest BCUT2D eigenvalue weighted by atomic mass is 16.1. The van der Waals surface area contributed by atoms with Crippen molar-refractivity contribution in [2.75, 3.05) is 0 Å². The lowest BCUT2D eigenvalue weighted by atomic mass is 10.1. The summed E-state index contributed by atoms with van der Waals surface area (Å²) in [5, 5.41) is 7.80. The molecule has 0 saturated heterocycles. The number of hydrogen-bond donors (Lipinski definition) is 1. The van der Waals surface area contributed by atoms with Crippen molar-refractivity contribution in [2.45, 2.75) is 33.4 Å². The molecule has 0 spiro atoms. The van der Waals surface area contributed by atoms with Crippen LogP contribution in [0.1, 0.15) is 31.4 Å². The summed E-state index contributed by atoms with van der Waals surface area (Å²) >= 11 is 0. The van der Waals surface area contributed by atoms with Crippen molar-refractivity contribution in [2.24, 2.45) is 0 Å². The number of nitrogens with zero attached hydrogens (tertiary/aromatic N) is 2. The van der Waals surface area contributed by atoms with Crippen molar-refractivity contribution in [1.82, 2.24) is 15.1 Å². The summed E-state index contributed by atoms with van der Waals surface area (Å²) in [7, 11) is 0. The number of allylic oxidation sites excluding steroid dienone is 1. The summed E-state index contributed by atoms with van der Waals surface area (Å²) in [5.74, 6) is -0.0355. The molecular weight excluding hydrogens is 334 g/mol. The fourth-order valence-corrected chi connectivity index (χ4v) is 3.00. The van der Waals surface area contributed by atoms with E-state index >= 15 is 0 Å². The number of amides is 1. The van der Waals surface area contributed by atoms with Gasteiger partial charge in [-0.25, -0.2) is 0 Å². The molecule has 4 nitrogen and oxygen atoms in total. The Morgan fingerprint density at radius 1 is 1.07 bits per heavy atom. The Balaban J connectivity index is 1.84. The fourth-order valence-electron chi connectivity index (χ4n) is 3.00. The van der Waals surface area contributed by atoms with E-state index < -0.39 is 0 Å². The summed E-state index contributed by atoms with van der Waals surface area (Å²) < 4.78 is 1.94. The van der Waals surface area contributed by atoms with Crippen LogP contribution in [-0.4, -0.2) is 15.7 Å². The Labute approximate surface area is 160 Å².